The molecule has 1 aliphatic rings. The second kappa shape index (κ2) is 4.53. The van der Waals surface area contributed by atoms with Crippen LogP contribution in [0.1, 0.15) is 11.5 Å². The summed E-state index contributed by atoms with van der Waals surface area (Å²) in [6.45, 7) is 0. The third-order valence-electron chi connectivity index (χ3n) is 3.29. The molecule has 3 rings (SSSR count). The number of hydrogen-bond acceptors (Lipinski definition) is 1. The Morgan fingerprint density at radius 2 is 1.17 bits per heavy atom. The van der Waals surface area contributed by atoms with Gasteiger partial charge < -0.3 is 5.73 Å². The number of rotatable bonds is 2. The lowest BCUT2D eigenvalue weighted by atomic mass is 9.97. The molecule has 1 nitrogen and oxygen atoms in total. The van der Waals surface area contributed by atoms with Crippen molar-refractivity contribution in [2.45, 2.75) is 5.92 Å². The maximum Gasteiger partial charge on any atom is 0.0314 e. The van der Waals surface area contributed by atoms with Crippen LogP contribution < -0.4 is 5.73 Å². The van der Waals surface area contributed by atoms with Crippen LogP contribution in [0, 0.1) is 0 Å². The summed E-state index contributed by atoms with van der Waals surface area (Å²) < 4.78 is 0. The third-order valence-corrected chi connectivity index (χ3v) is 3.29. The van der Waals surface area contributed by atoms with E-state index in [-0.39, 0.29) is 0 Å². The topological polar surface area (TPSA) is 26.0 Å². The first-order valence-corrected chi connectivity index (χ1v) is 6.14. The Morgan fingerprint density at radius 3 is 1.72 bits per heavy atom. The van der Waals surface area contributed by atoms with Gasteiger partial charge in [-0.05, 0) is 28.8 Å². The summed E-state index contributed by atoms with van der Waals surface area (Å²) in [5.74, 6) is 0.436. The van der Waals surface area contributed by atoms with Gasteiger partial charge in [-0.2, -0.15) is 0 Å². The zero-order valence-corrected chi connectivity index (χ0v) is 10.1. The summed E-state index contributed by atoms with van der Waals surface area (Å²) in [6, 6.07) is 16.7. The van der Waals surface area contributed by atoms with Crippen LogP contribution in [0.4, 0.5) is 5.69 Å². The standard InChI is InChI=1S/C17H15N/c18-17-11-9-16(10-12-17)15-7-5-14(6-8-15)13-3-1-2-4-13/h1-13H,18H2. The van der Waals surface area contributed by atoms with Crippen molar-refractivity contribution in [1.29, 1.82) is 0 Å². The van der Waals surface area contributed by atoms with Crippen molar-refractivity contribution in [3.05, 3.63) is 78.4 Å². The SMILES string of the molecule is Nc1ccc(-c2ccc(C3C=CC=C3)cc2)cc1. The molecule has 0 spiro atoms. The van der Waals surface area contributed by atoms with Gasteiger partial charge in [0.2, 0.25) is 0 Å². The predicted octanol–water partition coefficient (Wildman–Crippen LogP) is 4.15. The molecule has 0 atom stereocenters. The molecule has 2 aromatic rings. The van der Waals surface area contributed by atoms with Gasteiger partial charge in [0.1, 0.15) is 0 Å². The highest BCUT2D eigenvalue weighted by molar-refractivity contribution is 5.66. The Hall–Kier alpha value is -2.28. The molecule has 18 heavy (non-hydrogen) atoms. The van der Waals surface area contributed by atoms with Gasteiger partial charge in [0, 0.05) is 11.6 Å². The van der Waals surface area contributed by atoms with E-state index in [1.807, 2.05) is 12.1 Å². The number of nitrogens with two attached hydrogens (primary N) is 1. The van der Waals surface area contributed by atoms with E-state index in [0.29, 0.717) is 5.92 Å². The Balaban J connectivity index is 1.88. The first kappa shape index (κ1) is 10.8. The fourth-order valence-electron chi connectivity index (χ4n) is 2.23. The van der Waals surface area contributed by atoms with Gasteiger partial charge in [-0.1, -0.05) is 60.7 Å². The fraction of sp³-hybridized carbons (Fsp3) is 0.0588. The minimum Gasteiger partial charge on any atom is -0.399 e. The maximum absolute atomic E-state index is 5.70. The van der Waals surface area contributed by atoms with Gasteiger partial charge in [0.25, 0.3) is 0 Å². The molecule has 0 saturated carbocycles. The average Bonchev–Trinajstić information content (AvgIpc) is 2.94. The van der Waals surface area contributed by atoms with Crippen LogP contribution in [-0.4, -0.2) is 0 Å². The monoisotopic (exact) mass is 233 g/mol. The smallest absolute Gasteiger partial charge is 0.0314 e. The molecule has 1 heteroatoms. The Bertz CT molecular complexity index is 577. The van der Waals surface area contributed by atoms with E-state index in [9.17, 15) is 0 Å². The van der Waals surface area contributed by atoms with E-state index in [1.165, 1.54) is 16.7 Å². The molecule has 0 aromatic heterocycles. The Morgan fingerprint density at radius 1 is 0.667 bits per heavy atom. The van der Waals surface area contributed by atoms with Crippen molar-refractivity contribution in [3.63, 3.8) is 0 Å². The summed E-state index contributed by atoms with van der Waals surface area (Å²) in [5, 5.41) is 0. The molecule has 2 aromatic carbocycles. The third kappa shape index (κ3) is 2.07. The van der Waals surface area contributed by atoms with E-state index in [1.54, 1.807) is 0 Å². The van der Waals surface area contributed by atoms with Crippen molar-refractivity contribution in [1.82, 2.24) is 0 Å². The van der Waals surface area contributed by atoms with Gasteiger partial charge >= 0.3 is 0 Å². The molecule has 1 aliphatic carbocycles. The fourth-order valence-corrected chi connectivity index (χ4v) is 2.23. The lowest BCUT2D eigenvalue weighted by Gasteiger charge is -2.08. The molecule has 0 amide bonds. The number of anilines is 1. The first-order chi connectivity index (χ1) is 8.83. The normalized spacial score (nSPS) is 14.2. The van der Waals surface area contributed by atoms with Gasteiger partial charge in [-0.25, -0.2) is 0 Å². The van der Waals surface area contributed by atoms with Crippen LogP contribution in [0.15, 0.2) is 72.8 Å². The number of allylic oxidation sites excluding steroid dienone is 4. The largest absolute Gasteiger partial charge is 0.399 e. The molecule has 0 heterocycles. The zero-order chi connectivity index (χ0) is 12.4. The van der Waals surface area contributed by atoms with Crippen LogP contribution >= 0.6 is 0 Å². The van der Waals surface area contributed by atoms with Crippen molar-refractivity contribution in [3.8, 4) is 11.1 Å². The van der Waals surface area contributed by atoms with E-state index < -0.39 is 0 Å². The predicted molar refractivity (Wildman–Crippen MR) is 77.3 cm³/mol. The average molecular weight is 233 g/mol. The summed E-state index contributed by atoms with van der Waals surface area (Å²) in [6.07, 6.45) is 8.60. The van der Waals surface area contributed by atoms with Crippen molar-refractivity contribution in [2.75, 3.05) is 5.73 Å². The highest BCUT2D eigenvalue weighted by Gasteiger charge is 2.06. The van der Waals surface area contributed by atoms with Gasteiger partial charge in [0.05, 0.1) is 0 Å². The summed E-state index contributed by atoms with van der Waals surface area (Å²) in [5.41, 5.74) is 10.3. The molecular formula is C17H15N. The molecular weight excluding hydrogens is 218 g/mol. The Kier molecular flexibility index (Phi) is 2.73. The minimum absolute atomic E-state index is 0.436. The maximum atomic E-state index is 5.70. The van der Waals surface area contributed by atoms with E-state index >= 15 is 0 Å². The van der Waals surface area contributed by atoms with Crippen LogP contribution in [-0.2, 0) is 0 Å². The van der Waals surface area contributed by atoms with Crippen LogP contribution in [0.5, 0.6) is 0 Å². The highest BCUT2D eigenvalue weighted by Crippen LogP contribution is 2.26. The molecule has 0 saturated heterocycles. The highest BCUT2D eigenvalue weighted by atomic mass is 14.5. The summed E-state index contributed by atoms with van der Waals surface area (Å²) >= 11 is 0. The lowest BCUT2D eigenvalue weighted by Crippen LogP contribution is -1.89. The molecule has 0 bridgehead atoms. The number of nitrogen functional groups attached to an aromatic ring is 1. The van der Waals surface area contributed by atoms with Gasteiger partial charge in [0.15, 0.2) is 0 Å². The second-order valence-corrected chi connectivity index (χ2v) is 4.54. The van der Waals surface area contributed by atoms with Crippen molar-refractivity contribution >= 4 is 5.69 Å². The van der Waals surface area contributed by atoms with Crippen molar-refractivity contribution in [2.24, 2.45) is 0 Å². The lowest BCUT2D eigenvalue weighted by molar-refractivity contribution is 1.10. The van der Waals surface area contributed by atoms with Crippen LogP contribution in [0.2, 0.25) is 0 Å². The van der Waals surface area contributed by atoms with Gasteiger partial charge in [-0.3, -0.25) is 0 Å². The summed E-state index contributed by atoms with van der Waals surface area (Å²) in [4.78, 5) is 0. The molecule has 0 radical (unpaired) electrons. The van der Waals surface area contributed by atoms with Crippen LogP contribution in [0.25, 0.3) is 11.1 Å². The van der Waals surface area contributed by atoms with Crippen LogP contribution in [0.3, 0.4) is 0 Å². The first-order valence-electron chi connectivity index (χ1n) is 6.14. The van der Waals surface area contributed by atoms with Gasteiger partial charge in [-0.15, -0.1) is 0 Å². The number of benzene rings is 2. The molecule has 0 unspecified atom stereocenters. The van der Waals surface area contributed by atoms with E-state index in [4.69, 9.17) is 5.73 Å². The molecule has 0 fully saturated rings. The minimum atomic E-state index is 0.436. The Labute approximate surface area is 107 Å². The molecule has 0 aliphatic heterocycles. The quantitative estimate of drug-likeness (QED) is 0.775. The second-order valence-electron chi connectivity index (χ2n) is 4.54. The molecule has 2 N–H and O–H groups in total. The summed E-state index contributed by atoms with van der Waals surface area (Å²) in [7, 11) is 0. The van der Waals surface area contributed by atoms with E-state index in [2.05, 4.69) is 60.7 Å². The number of hydrogen-bond donors (Lipinski definition) is 1. The molecule has 88 valence electrons. The van der Waals surface area contributed by atoms with E-state index in [0.717, 1.165) is 5.69 Å². The van der Waals surface area contributed by atoms with Crippen molar-refractivity contribution < 1.29 is 0 Å². The zero-order valence-electron chi connectivity index (χ0n) is 10.1.